The second kappa shape index (κ2) is 6.15. The molecule has 1 saturated heterocycles. The number of carbonyl (C=O) groups excluding carboxylic acids is 1. The third-order valence-corrected chi connectivity index (χ3v) is 3.35. The Morgan fingerprint density at radius 2 is 2.10 bits per heavy atom. The van der Waals surface area contributed by atoms with Crippen LogP contribution in [0, 0.1) is 0 Å². The molecule has 2 aromatic rings. The molecule has 3 rings (SSSR count). The summed E-state index contributed by atoms with van der Waals surface area (Å²) < 4.78 is 6.72. The average Bonchev–Trinajstić information content (AvgIpc) is 2.93. The second-order valence-corrected chi connectivity index (χ2v) is 4.87. The van der Waals surface area contributed by atoms with E-state index >= 15 is 0 Å². The maximum absolute atomic E-state index is 12.0. The fourth-order valence-corrected chi connectivity index (χ4v) is 1.89. The van der Waals surface area contributed by atoms with E-state index in [1.165, 1.54) is 0 Å². The first kappa shape index (κ1) is 13.9. The van der Waals surface area contributed by atoms with E-state index in [1.807, 2.05) is 0 Å². The fourth-order valence-electron chi connectivity index (χ4n) is 1.75. The third-order valence-electron chi connectivity index (χ3n) is 3.08. The van der Waals surface area contributed by atoms with Crippen LogP contribution in [0.15, 0.2) is 18.3 Å². The Hall–Kier alpha value is -2.06. The Bertz CT molecular complexity index is 625. The summed E-state index contributed by atoms with van der Waals surface area (Å²) in [6, 6.07) is 3.72. The van der Waals surface area contributed by atoms with Gasteiger partial charge in [0.2, 0.25) is 0 Å². The summed E-state index contributed by atoms with van der Waals surface area (Å²) in [4.78, 5) is 12.0. The van der Waals surface area contributed by atoms with E-state index in [0.717, 1.165) is 0 Å². The fraction of sp³-hybridized carbons (Fsp3) is 0.417. The van der Waals surface area contributed by atoms with E-state index in [4.69, 9.17) is 16.3 Å². The van der Waals surface area contributed by atoms with Crippen LogP contribution in [0.4, 0.5) is 0 Å². The van der Waals surface area contributed by atoms with Gasteiger partial charge in [0, 0.05) is 0 Å². The molecule has 2 aromatic heterocycles. The van der Waals surface area contributed by atoms with Crippen LogP contribution in [0.3, 0.4) is 0 Å². The highest BCUT2D eigenvalue weighted by molar-refractivity contribution is 6.16. The number of alkyl halides is 1. The number of halogens is 1. The van der Waals surface area contributed by atoms with Crippen molar-refractivity contribution in [2.75, 3.05) is 13.2 Å². The van der Waals surface area contributed by atoms with Gasteiger partial charge in [-0.15, -0.1) is 16.7 Å². The zero-order valence-corrected chi connectivity index (χ0v) is 11.8. The Morgan fingerprint density at radius 1 is 1.33 bits per heavy atom. The number of aromatic nitrogens is 5. The van der Waals surface area contributed by atoms with Crippen LogP contribution >= 0.6 is 11.6 Å². The lowest BCUT2D eigenvalue weighted by Crippen LogP contribution is -2.31. The number of rotatable bonds is 5. The van der Waals surface area contributed by atoms with Crippen LogP contribution in [0.2, 0.25) is 0 Å². The summed E-state index contributed by atoms with van der Waals surface area (Å²) in [5.41, 5.74) is 1.61. The van der Waals surface area contributed by atoms with Crippen molar-refractivity contribution in [2.24, 2.45) is 0 Å². The molecule has 0 saturated carbocycles. The van der Waals surface area contributed by atoms with Gasteiger partial charge in [0.15, 0.2) is 5.69 Å². The zero-order valence-electron chi connectivity index (χ0n) is 11.1. The van der Waals surface area contributed by atoms with Crippen LogP contribution in [-0.4, -0.2) is 44.3 Å². The maximum Gasteiger partial charge on any atom is 0.273 e. The highest BCUT2D eigenvalue weighted by Crippen LogP contribution is 2.15. The first-order valence-electron chi connectivity index (χ1n) is 6.41. The molecule has 0 spiro atoms. The van der Waals surface area contributed by atoms with Crippen molar-refractivity contribution in [2.45, 2.75) is 18.5 Å². The predicted octanol–water partition coefficient (Wildman–Crippen LogP) is 0.308. The first-order chi connectivity index (χ1) is 10.3. The van der Waals surface area contributed by atoms with Gasteiger partial charge >= 0.3 is 0 Å². The molecule has 0 unspecified atom stereocenters. The number of hydrogen-bond acceptors (Lipinski definition) is 6. The van der Waals surface area contributed by atoms with Gasteiger partial charge in [-0.25, -0.2) is 4.68 Å². The van der Waals surface area contributed by atoms with Crippen molar-refractivity contribution in [3.05, 3.63) is 35.4 Å². The van der Waals surface area contributed by atoms with Gasteiger partial charge in [-0.2, -0.15) is 10.2 Å². The van der Waals surface area contributed by atoms with Gasteiger partial charge in [-0.3, -0.25) is 4.79 Å². The number of hydrogen-bond donors (Lipinski definition) is 1. The minimum absolute atomic E-state index is 0.174. The van der Waals surface area contributed by atoms with Crippen molar-refractivity contribution >= 4 is 17.5 Å². The Labute approximate surface area is 125 Å². The topological polar surface area (TPSA) is 94.8 Å². The molecular weight excluding hydrogens is 296 g/mol. The minimum Gasteiger partial charge on any atom is -0.377 e. The molecule has 1 amide bonds. The van der Waals surface area contributed by atoms with E-state index < -0.39 is 0 Å². The van der Waals surface area contributed by atoms with Gasteiger partial charge < -0.3 is 10.1 Å². The molecule has 0 atom stereocenters. The molecule has 1 fully saturated rings. The molecule has 3 heterocycles. The van der Waals surface area contributed by atoms with E-state index in [1.54, 1.807) is 23.0 Å². The molecule has 0 aromatic carbocycles. The highest BCUT2D eigenvalue weighted by Gasteiger charge is 2.23. The van der Waals surface area contributed by atoms with Crippen molar-refractivity contribution in [3.8, 4) is 0 Å². The first-order valence-corrected chi connectivity index (χ1v) is 6.95. The Balaban J connectivity index is 1.56. The normalized spacial score (nSPS) is 14.7. The number of amides is 1. The number of carbonyl (C=O) groups is 1. The average molecular weight is 309 g/mol. The molecule has 0 radical (unpaired) electrons. The van der Waals surface area contributed by atoms with Gasteiger partial charge in [0.1, 0.15) is 6.04 Å². The Morgan fingerprint density at radius 3 is 2.71 bits per heavy atom. The summed E-state index contributed by atoms with van der Waals surface area (Å²) in [7, 11) is 0. The van der Waals surface area contributed by atoms with E-state index in [-0.39, 0.29) is 24.2 Å². The summed E-state index contributed by atoms with van der Waals surface area (Å²) in [5.74, 6) is 0.0119. The van der Waals surface area contributed by atoms with Crippen LogP contribution in [0.1, 0.15) is 27.9 Å². The molecule has 0 bridgehead atoms. The lowest BCUT2D eigenvalue weighted by atomic mass is 10.3. The van der Waals surface area contributed by atoms with Gasteiger partial charge in [0.05, 0.1) is 43.2 Å². The number of nitrogens with one attached hydrogen (secondary N) is 1. The second-order valence-electron chi connectivity index (χ2n) is 4.61. The molecule has 8 nitrogen and oxygen atoms in total. The summed E-state index contributed by atoms with van der Waals surface area (Å²) in [6.45, 7) is 1.48. The Kier molecular flexibility index (Phi) is 4.07. The number of nitrogens with zero attached hydrogens (tertiary/aromatic N) is 5. The molecule has 0 aliphatic carbocycles. The maximum atomic E-state index is 12.0. The summed E-state index contributed by atoms with van der Waals surface area (Å²) in [5, 5.41) is 18.4. The molecule has 1 aliphatic heterocycles. The van der Waals surface area contributed by atoms with Crippen molar-refractivity contribution < 1.29 is 9.53 Å². The third kappa shape index (κ3) is 3.17. The van der Waals surface area contributed by atoms with Crippen LogP contribution < -0.4 is 5.32 Å². The highest BCUT2D eigenvalue weighted by atomic mass is 35.5. The summed E-state index contributed by atoms with van der Waals surface area (Å²) >= 11 is 5.63. The number of ether oxygens (including phenoxy) is 1. The van der Waals surface area contributed by atoms with Gasteiger partial charge in [-0.05, 0) is 12.1 Å². The van der Waals surface area contributed by atoms with Crippen molar-refractivity contribution in [1.29, 1.82) is 0 Å². The van der Waals surface area contributed by atoms with E-state index in [9.17, 15) is 4.79 Å². The predicted molar refractivity (Wildman–Crippen MR) is 72.6 cm³/mol. The van der Waals surface area contributed by atoms with Crippen LogP contribution in [-0.2, 0) is 17.2 Å². The van der Waals surface area contributed by atoms with Crippen molar-refractivity contribution in [1.82, 2.24) is 30.5 Å². The minimum atomic E-state index is -0.301. The van der Waals surface area contributed by atoms with Gasteiger partial charge in [-0.1, -0.05) is 5.21 Å². The van der Waals surface area contributed by atoms with Crippen LogP contribution in [0.25, 0.3) is 0 Å². The quantitative estimate of drug-likeness (QED) is 0.799. The van der Waals surface area contributed by atoms with Crippen LogP contribution in [0.5, 0.6) is 0 Å². The van der Waals surface area contributed by atoms with Gasteiger partial charge in [0.25, 0.3) is 5.91 Å². The lowest BCUT2D eigenvalue weighted by molar-refractivity contribution is -0.0293. The van der Waals surface area contributed by atoms with Crippen molar-refractivity contribution in [3.63, 3.8) is 0 Å². The van der Waals surface area contributed by atoms with E-state index in [2.05, 4.69) is 25.8 Å². The summed E-state index contributed by atoms with van der Waals surface area (Å²) in [6.07, 6.45) is 1.62. The zero-order chi connectivity index (χ0) is 14.7. The SMILES string of the molecule is O=C(NCc1ccc(CCl)nn1)c1cn(C2COC2)nn1. The monoisotopic (exact) mass is 308 g/mol. The standard InChI is InChI=1S/C12H13ClN6O2/c13-3-8-1-2-9(16-15-8)4-14-12(20)11-5-19(18-17-11)10-6-21-7-10/h1-2,5,10H,3-4,6-7H2,(H,14,20). The largest absolute Gasteiger partial charge is 0.377 e. The molecule has 1 N–H and O–H groups in total. The molecule has 110 valence electrons. The lowest BCUT2D eigenvalue weighted by Gasteiger charge is -2.25. The van der Waals surface area contributed by atoms with E-state index in [0.29, 0.717) is 30.5 Å². The molecular formula is C12H13ClN6O2. The molecule has 1 aliphatic rings. The smallest absolute Gasteiger partial charge is 0.273 e. The molecule has 21 heavy (non-hydrogen) atoms. The molecule has 9 heteroatoms.